The molecular formula is C9H16N2O3. The molecule has 0 radical (unpaired) electrons. The van der Waals surface area contributed by atoms with Crippen molar-refractivity contribution in [2.75, 3.05) is 32.8 Å². The van der Waals surface area contributed by atoms with Crippen molar-refractivity contribution in [1.82, 2.24) is 10.2 Å². The molecular weight excluding hydrogens is 184 g/mol. The van der Waals surface area contributed by atoms with E-state index < -0.39 is 0 Å². The number of carbonyl (C=O) groups is 2. The van der Waals surface area contributed by atoms with Gasteiger partial charge in [0.05, 0.1) is 19.6 Å². The lowest BCUT2D eigenvalue weighted by Crippen LogP contribution is -2.48. The monoisotopic (exact) mass is 200 g/mol. The van der Waals surface area contributed by atoms with Crippen LogP contribution in [0.5, 0.6) is 0 Å². The number of nitrogens with zero attached hydrogens (tertiary/aromatic N) is 1. The Morgan fingerprint density at radius 3 is 3.07 bits per heavy atom. The second-order valence-electron chi connectivity index (χ2n) is 3.18. The van der Waals surface area contributed by atoms with Gasteiger partial charge in [0.25, 0.3) is 0 Å². The summed E-state index contributed by atoms with van der Waals surface area (Å²) in [5.74, 6) is -0.168. The number of piperazine rings is 1. The zero-order chi connectivity index (χ0) is 10.4. The van der Waals surface area contributed by atoms with Crippen LogP contribution in [-0.4, -0.2) is 49.6 Å². The minimum Gasteiger partial charge on any atom is -0.466 e. The predicted octanol–water partition coefficient (Wildman–Crippen LogP) is -0.629. The van der Waals surface area contributed by atoms with Gasteiger partial charge in [-0.05, 0) is 6.92 Å². The Labute approximate surface area is 83.4 Å². The van der Waals surface area contributed by atoms with E-state index in [0.29, 0.717) is 32.7 Å². The minimum absolute atomic E-state index is 0.0279. The van der Waals surface area contributed by atoms with E-state index in [2.05, 4.69) is 5.32 Å². The molecule has 0 spiro atoms. The van der Waals surface area contributed by atoms with Gasteiger partial charge >= 0.3 is 5.97 Å². The summed E-state index contributed by atoms with van der Waals surface area (Å²) in [5.41, 5.74) is 0. The van der Waals surface area contributed by atoms with Crippen LogP contribution < -0.4 is 5.32 Å². The van der Waals surface area contributed by atoms with Crippen molar-refractivity contribution in [3.05, 3.63) is 0 Å². The molecule has 0 saturated carbocycles. The molecule has 1 rings (SSSR count). The van der Waals surface area contributed by atoms with E-state index in [1.54, 1.807) is 6.92 Å². The highest BCUT2D eigenvalue weighted by Crippen LogP contribution is 1.96. The first kappa shape index (κ1) is 11.0. The fraction of sp³-hybridized carbons (Fsp3) is 0.778. The maximum absolute atomic E-state index is 11.0. The van der Waals surface area contributed by atoms with Gasteiger partial charge in [-0.15, -0.1) is 0 Å². The molecule has 1 heterocycles. The van der Waals surface area contributed by atoms with Crippen LogP contribution in [0, 0.1) is 0 Å². The molecule has 1 saturated heterocycles. The quantitative estimate of drug-likeness (QED) is 0.614. The van der Waals surface area contributed by atoms with Crippen LogP contribution in [0.2, 0.25) is 0 Å². The van der Waals surface area contributed by atoms with E-state index in [1.165, 1.54) is 0 Å². The lowest BCUT2D eigenvalue weighted by molar-refractivity contribution is -0.143. The van der Waals surface area contributed by atoms with Crippen LogP contribution in [-0.2, 0) is 14.3 Å². The maximum Gasteiger partial charge on any atom is 0.307 e. The van der Waals surface area contributed by atoms with Crippen LogP contribution in [0.3, 0.4) is 0 Å². The Bertz CT molecular complexity index is 218. The lowest BCUT2D eigenvalue weighted by atomic mass is 10.3. The molecule has 1 aliphatic rings. The highest BCUT2D eigenvalue weighted by Gasteiger charge is 2.16. The van der Waals surface area contributed by atoms with Crippen molar-refractivity contribution in [3.8, 4) is 0 Å². The molecule has 80 valence electrons. The van der Waals surface area contributed by atoms with Crippen LogP contribution in [0.4, 0.5) is 0 Å². The van der Waals surface area contributed by atoms with Gasteiger partial charge in [-0.1, -0.05) is 0 Å². The van der Waals surface area contributed by atoms with Gasteiger partial charge < -0.3 is 10.1 Å². The van der Waals surface area contributed by atoms with E-state index in [-0.39, 0.29) is 11.9 Å². The van der Waals surface area contributed by atoms with E-state index in [9.17, 15) is 9.59 Å². The first-order chi connectivity index (χ1) is 6.72. The van der Waals surface area contributed by atoms with Gasteiger partial charge in [0.2, 0.25) is 5.91 Å². The number of hydrogen-bond donors (Lipinski definition) is 1. The average molecular weight is 200 g/mol. The number of esters is 1. The Morgan fingerprint density at radius 1 is 1.64 bits per heavy atom. The number of ether oxygens (including phenoxy) is 1. The van der Waals surface area contributed by atoms with E-state index in [0.717, 1.165) is 6.54 Å². The topological polar surface area (TPSA) is 58.6 Å². The van der Waals surface area contributed by atoms with Crippen molar-refractivity contribution < 1.29 is 14.3 Å². The molecule has 0 bridgehead atoms. The average Bonchev–Trinajstić information content (AvgIpc) is 2.15. The Hall–Kier alpha value is -1.10. The number of rotatable bonds is 4. The normalized spacial score (nSPS) is 17.6. The standard InChI is InChI=1S/C9H16N2O3/c1-2-14-9(13)3-5-11-6-4-10-8(12)7-11/h2-7H2,1H3,(H,10,12). The lowest BCUT2D eigenvalue weighted by Gasteiger charge is -2.25. The van der Waals surface area contributed by atoms with Gasteiger partial charge in [-0.25, -0.2) is 0 Å². The Kier molecular flexibility index (Phi) is 4.39. The number of hydrogen-bond acceptors (Lipinski definition) is 4. The summed E-state index contributed by atoms with van der Waals surface area (Å²) in [6.07, 6.45) is 0.362. The Morgan fingerprint density at radius 2 is 2.43 bits per heavy atom. The molecule has 5 heteroatoms. The molecule has 0 aliphatic carbocycles. The second kappa shape index (κ2) is 5.59. The van der Waals surface area contributed by atoms with Crippen molar-refractivity contribution in [2.24, 2.45) is 0 Å². The van der Waals surface area contributed by atoms with E-state index >= 15 is 0 Å². The molecule has 1 aliphatic heterocycles. The highest BCUT2D eigenvalue weighted by molar-refractivity contribution is 5.78. The van der Waals surface area contributed by atoms with Crippen LogP contribution >= 0.6 is 0 Å². The summed E-state index contributed by atoms with van der Waals surface area (Å²) in [6.45, 7) is 4.67. The molecule has 0 aromatic carbocycles. The summed E-state index contributed by atoms with van der Waals surface area (Å²) in [5, 5.41) is 2.73. The molecule has 0 unspecified atom stereocenters. The van der Waals surface area contributed by atoms with Crippen molar-refractivity contribution in [3.63, 3.8) is 0 Å². The first-order valence-corrected chi connectivity index (χ1v) is 4.87. The Balaban J connectivity index is 2.17. The van der Waals surface area contributed by atoms with Gasteiger partial charge in [0, 0.05) is 19.6 Å². The molecule has 14 heavy (non-hydrogen) atoms. The molecule has 5 nitrogen and oxygen atoms in total. The fourth-order valence-electron chi connectivity index (χ4n) is 1.36. The summed E-state index contributed by atoms with van der Waals surface area (Å²) in [4.78, 5) is 23.9. The van der Waals surface area contributed by atoms with Crippen molar-refractivity contribution in [1.29, 1.82) is 0 Å². The van der Waals surface area contributed by atoms with Crippen LogP contribution in [0.25, 0.3) is 0 Å². The third-order valence-corrected chi connectivity index (χ3v) is 2.05. The molecule has 1 amide bonds. The van der Waals surface area contributed by atoms with E-state index in [4.69, 9.17) is 4.74 Å². The van der Waals surface area contributed by atoms with Gasteiger partial charge in [0.1, 0.15) is 0 Å². The number of nitrogens with one attached hydrogen (secondary N) is 1. The largest absolute Gasteiger partial charge is 0.466 e. The van der Waals surface area contributed by atoms with Gasteiger partial charge in [-0.2, -0.15) is 0 Å². The smallest absolute Gasteiger partial charge is 0.307 e. The van der Waals surface area contributed by atoms with Crippen molar-refractivity contribution >= 4 is 11.9 Å². The van der Waals surface area contributed by atoms with Crippen molar-refractivity contribution in [2.45, 2.75) is 13.3 Å². The third kappa shape index (κ3) is 3.74. The SMILES string of the molecule is CCOC(=O)CCN1CCNC(=O)C1. The molecule has 1 fully saturated rings. The van der Waals surface area contributed by atoms with Crippen LogP contribution in [0.1, 0.15) is 13.3 Å². The van der Waals surface area contributed by atoms with Gasteiger partial charge in [0.15, 0.2) is 0 Å². The summed E-state index contributed by atoms with van der Waals surface area (Å²) in [7, 11) is 0. The highest BCUT2D eigenvalue weighted by atomic mass is 16.5. The molecule has 0 atom stereocenters. The zero-order valence-corrected chi connectivity index (χ0v) is 8.41. The molecule has 0 aromatic heterocycles. The zero-order valence-electron chi connectivity index (χ0n) is 8.41. The predicted molar refractivity (Wildman–Crippen MR) is 50.7 cm³/mol. The number of carbonyl (C=O) groups excluding carboxylic acids is 2. The molecule has 1 N–H and O–H groups in total. The summed E-state index contributed by atoms with van der Waals surface area (Å²) in [6, 6.07) is 0. The minimum atomic E-state index is -0.196. The fourth-order valence-corrected chi connectivity index (χ4v) is 1.36. The molecule has 0 aromatic rings. The third-order valence-electron chi connectivity index (χ3n) is 2.05. The second-order valence-corrected chi connectivity index (χ2v) is 3.18. The van der Waals surface area contributed by atoms with E-state index in [1.807, 2.05) is 4.90 Å². The first-order valence-electron chi connectivity index (χ1n) is 4.87. The summed E-state index contributed by atoms with van der Waals surface area (Å²) >= 11 is 0. The van der Waals surface area contributed by atoms with Crippen LogP contribution in [0.15, 0.2) is 0 Å². The van der Waals surface area contributed by atoms with Gasteiger partial charge in [-0.3, -0.25) is 14.5 Å². The number of amides is 1. The maximum atomic E-state index is 11.0. The summed E-state index contributed by atoms with van der Waals surface area (Å²) < 4.78 is 4.79.